The van der Waals surface area contributed by atoms with Gasteiger partial charge in [0.25, 0.3) is 5.91 Å². The van der Waals surface area contributed by atoms with Crippen molar-refractivity contribution in [3.05, 3.63) is 47.4 Å². The number of halogens is 1. The Hall–Kier alpha value is -2.18. The second-order valence-corrected chi connectivity index (χ2v) is 5.71. The average Bonchev–Trinajstić information content (AvgIpc) is 3.06. The highest BCUT2D eigenvalue weighted by molar-refractivity contribution is 6.30. The molecule has 0 bridgehead atoms. The minimum absolute atomic E-state index is 0.102. The fraction of sp³-hybridized carbons (Fsp3) is 0.312. The molecule has 1 unspecified atom stereocenters. The minimum atomic E-state index is -0.239. The topological polar surface area (TPSA) is 76.1 Å². The number of rotatable bonds is 5. The molecule has 2 heterocycles. The van der Waals surface area contributed by atoms with E-state index in [4.69, 9.17) is 16.3 Å². The van der Waals surface area contributed by atoms with Gasteiger partial charge in [0.1, 0.15) is 17.8 Å². The maximum absolute atomic E-state index is 12.2. The van der Waals surface area contributed by atoms with Gasteiger partial charge in [0, 0.05) is 29.9 Å². The van der Waals surface area contributed by atoms with Crippen molar-refractivity contribution in [2.75, 3.05) is 18.5 Å². The van der Waals surface area contributed by atoms with Gasteiger partial charge in [-0.1, -0.05) is 17.7 Å². The fourth-order valence-electron chi connectivity index (χ4n) is 2.37. The summed E-state index contributed by atoms with van der Waals surface area (Å²) in [6.45, 7) is 1.27. The quantitative estimate of drug-likeness (QED) is 0.880. The van der Waals surface area contributed by atoms with Crippen LogP contribution in [0.1, 0.15) is 23.3 Å². The van der Waals surface area contributed by atoms with Crippen LogP contribution < -0.4 is 10.6 Å². The Morgan fingerprint density at radius 3 is 3.04 bits per heavy atom. The number of amides is 1. The second kappa shape index (κ2) is 7.39. The zero-order valence-electron chi connectivity index (χ0n) is 12.5. The molecule has 1 aromatic carbocycles. The Morgan fingerprint density at radius 1 is 1.35 bits per heavy atom. The SMILES string of the molecule is O=C(NCC1CCCO1)c1cc(Nc2cccc(Cl)c2)ncn1. The molecule has 1 atom stereocenters. The lowest BCUT2D eigenvalue weighted by molar-refractivity contribution is 0.0853. The molecule has 1 aliphatic heterocycles. The maximum atomic E-state index is 12.2. The van der Waals surface area contributed by atoms with E-state index in [1.807, 2.05) is 12.1 Å². The first-order chi connectivity index (χ1) is 11.2. The van der Waals surface area contributed by atoms with Gasteiger partial charge in [-0.2, -0.15) is 0 Å². The number of hydrogen-bond donors (Lipinski definition) is 2. The zero-order valence-corrected chi connectivity index (χ0v) is 13.2. The summed E-state index contributed by atoms with van der Waals surface area (Å²) in [5, 5.41) is 6.56. The number of carbonyl (C=O) groups excluding carboxylic acids is 1. The van der Waals surface area contributed by atoms with Crippen LogP contribution in [0.25, 0.3) is 0 Å². The zero-order chi connectivity index (χ0) is 16.1. The Bertz CT molecular complexity index is 689. The predicted octanol–water partition coefficient (Wildman–Crippen LogP) is 2.78. The highest BCUT2D eigenvalue weighted by Crippen LogP contribution is 2.19. The lowest BCUT2D eigenvalue weighted by Gasteiger charge is -2.11. The first kappa shape index (κ1) is 15.7. The summed E-state index contributed by atoms with van der Waals surface area (Å²) < 4.78 is 5.48. The van der Waals surface area contributed by atoms with E-state index >= 15 is 0 Å². The molecule has 0 radical (unpaired) electrons. The van der Waals surface area contributed by atoms with Crippen LogP contribution >= 0.6 is 11.6 Å². The van der Waals surface area contributed by atoms with E-state index in [1.165, 1.54) is 6.33 Å². The van der Waals surface area contributed by atoms with Crippen molar-refractivity contribution >= 4 is 29.0 Å². The van der Waals surface area contributed by atoms with E-state index in [1.54, 1.807) is 18.2 Å². The van der Waals surface area contributed by atoms with Gasteiger partial charge < -0.3 is 15.4 Å². The van der Waals surface area contributed by atoms with Crippen molar-refractivity contribution in [2.45, 2.75) is 18.9 Å². The molecule has 1 fully saturated rings. The Balaban J connectivity index is 1.63. The molecule has 0 saturated carbocycles. The maximum Gasteiger partial charge on any atom is 0.270 e. The Morgan fingerprint density at radius 2 is 2.26 bits per heavy atom. The monoisotopic (exact) mass is 332 g/mol. The van der Waals surface area contributed by atoms with Crippen molar-refractivity contribution in [1.82, 2.24) is 15.3 Å². The van der Waals surface area contributed by atoms with Crippen LogP contribution in [0.2, 0.25) is 5.02 Å². The number of carbonyl (C=O) groups is 1. The molecular weight excluding hydrogens is 316 g/mol. The number of nitrogens with one attached hydrogen (secondary N) is 2. The lowest BCUT2D eigenvalue weighted by atomic mass is 10.2. The van der Waals surface area contributed by atoms with Crippen molar-refractivity contribution < 1.29 is 9.53 Å². The third kappa shape index (κ3) is 4.40. The van der Waals surface area contributed by atoms with E-state index in [0.29, 0.717) is 23.1 Å². The van der Waals surface area contributed by atoms with Gasteiger partial charge in [0.15, 0.2) is 0 Å². The van der Waals surface area contributed by atoms with Crippen LogP contribution in [-0.2, 0) is 4.74 Å². The summed E-state index contributed by atoms with van der Waals surface area (Å²) in [7, 11) is 0. The number of hydrogen-bond acceptors (Lipinski definition) is 5. The summed E-state index contributed by atoms with van der Waals surface area (Å²) in [6, 6.07) is 8.87. The number of aromatic nitrogens is 2. The molecule has 1 aliphatic rings. The normalized spacial score (nSPS) is 17.0. The summed E-state index contributed by atoms with van der Waals surface area (Å²) in [4.78, 5) is 20.3. The largest absolute Gasteiger partial charge is 0.376 e. The molecule has 6 nitrogen and oxygen atoms in total. The fourth-order valence-corrected chi connectivity index (χ4v) is 2.56. The molecule has 2 aromatic rings. The smallest absolute Gasteiger partial charge is 0.270 e. The standard InChI is InChI=1S/C16H17ClN4O2/c17-11-3-1-4-12(7-11)21-15-8-14(19-10-20-15)16(22)18-9-13-5-2-6-23-13/h1,3-4,7-8,10,13H,2,5-6,9H2,(H,18,22)(H,19,20,21). The van der Waals surface area contributed by atoms with Crippen molar-refractivity contribution in [3.8, 4) is 0 Å². The van der Waals surface area contributed by atoms with Crippen LogP contribution in [0.5, 0.6) is 0 Å². The molecule has 1 saturated heterocycles. The van der Waals surface area contributed by atoms with Gasteiger partial charge in [0.05, 0.1) is 6.10 Å². The molecule has 1 amide bonds. The third-order valence-electron chi connectivity index (χ3n) is 3.51. The Kier molecular flexibility index (Phi) is 5.05. The summed E-state index contributed by atoms with van der Waals surface area (Å²) in [5.41, 5.74) is 1.10. The molecule has 23 heavy (non-hydrogen) atoms. The van der Waals surface area contributed by atoms with E-state index in [-0.39, 0.29) is 12.0 Å². The molecule has 120 valence electrons. The average molecular weight is 333 g/mol. The van der Waals surface area contributed by atoms with E-state index in [0.717, 1.165) is 25.1 Å². The molecule has 1 aromatic heterocycles. The van der Waals surface area contributed by atoms with Crippen molar-refractivity contribution in [1.29, 1.82) is 0 Å². The lowest BCUT2D eigenvalue weighted by Crippen LogP contribution is -2.32. The van der Waals surface area contributed by atoms with Gasteiger partial charge in [-0.3, -0.25) is 4.79 Å². The highest BCUT2D eigenvalue weighted by Gasteiger charge is 2.17. The highest BCUT2D eigenvalue weighted by atomic mass is 35.5. The molecule has 0 spiro atoms. The van der Waals surface area contributed by atoms with Gasteiger partial charge in [0.2, 0.25) is 0 Å². The van der Waals surface area contributed by atoms with E-state index in [2.05, 4.69) is 20.6 Å². The van der Waals surface area contributed by atoms with Gasteiger partial charge >= 0.3 is 0 Å². The van der Waals surface area contributed by atoms with Gasteiger partial charge in [-0.25, -0.2) is 9.97 Å². The minimum Gasteiger partial charge on any atom is -0.376 e. The van der Waals surface area contributed by atoms with E-state index < -0.39 is 0 Å². The second-order valence-electron chi connectivity index (χ2n) is 5.27. The van der Waals surface area contributed by atoms with Crippen LogP contribution in [-0.4, -0.2) is 35.1 Å². The number of nitrogens with zero attached hydrogens (tertiary/aromatic N) is 2. The van der Waals surface area contributed by atoms with Gasteiger partial charge in [-0.05, 0) is 31.0 Å². The molecule has 2 N–H and O–H groups in total. The summed E-state index contributed by atoms with van der Waals surface area (Å²) in [6.07, 6.45) is 3.48. The van der Waals surface area contributed by atoms with Gasteiger partial charge in [-0.15, -0.1) is 0 Å². The summed E-state index contributed by atoms with van der Waals surface area (Å²) in [5.74, 6) is 0.293. The molecular formula is C16H17ClN4O2. The number of ether oxygens (including phenoxy) is 1. The number of anilines is 2. The number of benzene rings is 1. The van der Waals surface area contributed by atoms with Crippen LogP contribution in [0, 0.1) is 0 Å². The molecule has 3 rings (SSSR count). The third-order valence-corrected chi connectivity index (χ3v) is 3.75. The first-order valence-corrected chi connectivity index (χ1v) is 7.83. The Labute approximate surface area is 139 Å². The molecule has 7 heteroatoms. The van der Waals surface area contributed by atoms with Crippen molar-refractivity contribution in [3.63, 3.8) is 0 Å². The predicted molar refractivity (Wildman–Crippen MR) is 88.1 cm³/mol. The van der Waals surface area contributed by atoms with Crippen LogP contribution in [0.3, 0.4) is 0 Å². The van der Waals surface area contributed by atoms with E-state index in [9.17, 15) is 4.79 Å². The molecule has 0 aliphatic carbocycles. The summed E-state index contributed by atoms with van der Waals surface area (Å²) >= 11 is 5.95. The van der Waals surface area contributed by atoms with Crippen molar-refractivity contribution in [2.24, 2.45) is 0 Å². The van der Waals surface area contributed by atoms with Crippen LogP contribution in [0.4, 0.5) is 11.5 Å². The van der Waals surface area contributed by atoms with Crippen LogP contribution in [0.15, 0.2) is 36.7 Å². The first-order valence-electron chi connectivity index (χ1n) is 7.45.